The molecule has 0 radical (unpaired) electrons. The fraction of sp³-hybridized carbons (Fsp3) is 0.250. The molecule has 4 aromatic rings. The lowest BCUT2D eigenvalue weighted by molar-refractivity contribution is 0.221. The molecule has 0 heterocycles. The van der Waals surface area contributed by atoms with E-state index in [-0.39, 0.29) is 12.2 Å². The van der Waals surface area contributed by atoms with Crippen LogP contribution in [0, 0.1) is 0 Å². The van der Waals surface area contributed by atoms with Crippen molar-refractivity contribution in [3.63, 3.8) is 0 Å². The Labute approximate surface area is 224 Å². The molecule has 192 valence electrons. The highest BCUT2D eigenvalue weighted by atomic mass is 32.2. The second-order valence-corrected chi connectivity index (χ2v) is 9.82. The predicted molar refractivity (Wildman–Crippen MR) is 152 cm³/mol. The molecule has 0 aromatic heterocycles. The maximum atomic E-state index is 6.43. The van der Waals surface area contributed by atoms with Crippen LogP contribution in [0.4, 0.5) is 0 Å². The highest BCUT2D eigenvalue weighted by molar-refractivity contribution is 7.99. The Balaban J connectivity index is 1.42. The highest BCUT2D eigenvalue weighted by Gasteiger charge is 2.17. The van der Waals surface area contributed by atoms with Gasteiger partial charge in [-0.1, -0.05) is 60.7 Å². The molecule has 0 aliphatic heterocycles. The molecule has 0 saturated heterocycles. The van der Waals surface area contributed by atoms with Gasteiger partial charge in [0, 0.05) is 24.3 Å². The molecule has 0 N–H and O–H groups in total. The summed E-state index contributed by atoms with van der Waals surface area (Å²) in [6, 6.07) is 36.6. The van der Waals surface area contributed by atoms with Crippen LogP contribution in [0.1, 0.15) is 11.1 Å². The van der Waals surface area contributed by atoms with Crippen LogP contribution in [-0.4, -0.2) is 37.9 Å². The minimum absolute atomic E-state index is 0.0270. The summed E-state index contributed by atoms with van der Waals surface area (Å²) in [6.07, 6.45) is 1.73. The molecular weight excluding hydrogens is 480 g/mol. The maximum absolute atomic E-state index is 6.43. The number of methoxy groups -OCH3 is 2. The molecule has 0 aliphatic rings. The molecule has 0 saturated carbocycles. The minimum Gasteiger partial charge on any atom is -0.497 e. The lowest BCUT2D eigenvalue weighted by Crippen LogP contribution is -2.26. The molecule has 4 rings (SSSR count). The third kappa shape index (κ3) is 8.80. The van der Waals surface area contributed by atoms with Crippen molar-refractivity contribution in [2.24, 2.45) is 0 Å². The number of benzene rings is 4. The van der Waals surface area contributed by atoms with E-state index in [1.165, 1.54) is 11.1 Å². The summed E-state index contributed by atoms with van der Waals surface area (Å²) in [7, 11) is 3.34. The average Bonchev–Trinajstić information content (AvgIpc) is 2.95. The highest BCUT2D eigenvalue weighted by Crippen LogP contribution is 2.24. The summed E-state index contributed by atoms with van der Waals surface area (Å²) < 4.78 is 23.4. The van der Waals surface area contributed by atoms with E-state index < -0.39 is 0 Å². The van der Waals surface area contributed by atoms with E-state index in [0.717, 1.165) is 47.3 Å². The topological polar surface area (TPSA) is 36.9 Å². The fourth-order valence-electron chi connectivity index (χ4n) is 4.05. The number of ether oxygens (including phenoxy) is 4. The summed E-state index contributed by atoms with van der Waals surface area (Å²) in [5.41, 5.74) is 2.52. The normalized spacial score (nSPS) is 12.4. The first kappa shape index (κ1) is 26.5. The molecular formula is C32H34O4S. The lowest BCUT2D eigenvalue weighted by atomic mass is 10.1. The molecule has 37 heavy (non-hydrogen) atoms. The first-order valence-electron chi connectivity index (χ1n) is 12.5. The molecule has 4 nitrogen and oxygen atoms in total. The summed E-state index contributed by atoms with van der Waals surface area (Å²) in [4.78, 5) is 0. The molecule has 5 heteroatoms. The monoisotopic (exact) mass is 514 g/mol. The van der Waals surface area contributed by atoms with E-state index in [0.29, 0.717) is 0 Å². The SMILES string of the molecule is COc1ccc(OC(CSCC(Cc2ccccc2)Oc2ccc(OC)cc2)Cc2ccccc2)cc1. The maximum Gasteiger partial charge on any atom is 0.120 e. The number of hydrogen-bond acceptors (Lipinski definition) is 5. The smallest absolute Gasteiger partial charge is 0.120 e. The third-order valence-electron chi connectivity index (χ3n) is 5.94. The molecule has 0 aliphatic carbocycles. The average molecular weight is 515 g/mol. The molecule has 0 amide bonds. The summed E-state index contributed by atoms with van der Waals surface area (Å²) in [5, 5.41) is 0. The van der Waals surface area contributed by atoms with E-state index in [4.69, 9.17) is 18.9 Å². The van der Waals surface area contributed by atoms with Gasteiger partial charge in [0.1, 0.15) is 35.2 Å². The lowest BCUT2D eigenvalue weighted by Gasteiger charge is -2.22. The molecule has 0 bridgehead atoms. The van der Waals surface area contributed by atoms with Crippen LogP contribution >= 0.6 is 11.8 Å². The van der Waals surface area contributed by atoms with Crippen LogP contribution in [0.3, 0.4) is 0 Å². The second-order valence-electron chi connectivity index (χ2n) is 8.75. The van der Waals surface area contributed by atoms with Crippen molar-refractivity contribution in [1.82, 2.24) is 0 Å². The molecule has 0 fully saturated rings. The van der Waals surface area contributed by atoms with Gasteiger partial charge in [-0.3, -0.25) is 0 Å². The summed E-state index contributed by atoms with van der Waals surface area (Å²) in [6.45, 7) is 0. The van der Waals surface area contributed by atoms with Crippen molar-refractivity contribution in [3.05, 3.63) is 120 Å². The second kappa shape index (κ2) is 14.2. The Morgan fingerprint density at radius 3 is 1.19 bits per heavy atom. The van der Waals surface area contributed by atoms with E-state index >= 15 is 0 Å². The number of hydrogen-bond donors (Lipinski definition) is 0. The van der Waals surface area contributed by atoms with Gasteiger partial charge in [-0.15, -0.1) is 0 Å². The third-order valence-corrected chi connectivity index (χ3v) is 7.16. The van der Waals surface area contributed by atoms with E-state index in [2.05, 4.69) is 48.5 Å². The first-order valence-corrected chi connectivity index (χ1v) is 13.6. The van der Waals surface area contributed by atoms with Crippen molar-refractivity contribution in [2.75, 3.05) is 25.7 Å². The zero-order valence-electron chi connectivity index (χ0n) is 21.4. The van der Waals surface area contributed by atoms with Crippen LogP contribution < -0.4 is 18.9 Å². The first-order chi connectivity index (χ1) is 18.2. The van der Waals surface area contributed by atoms with Crippen molar-refractivity contribution >= 4 is 11.8 Å². The van der Waals surface area contributed by atoms with Crippen molar-refractivity contribution in [3.8, 4) is 23.0 Å². The molecule has 0 spiro atoms. The number of thioether (sulfide) groups is 1. The summed E-state index contributed by atoms with van der Waals surface area (Å²) >= 11 is 1.86. The predicted octanol–water partition coefficient (Wildman–Crippen LogP) is 7.12. The zero-order valence-corrected chi connectivity index (χ0v) is 22.2. The van der Waals surface area contributed by atoms with Gasteiger partial charge in [0.15, 0.2) is 0 Å². The van der Waals surface area contributed by atoms with Gasteiger partial charge in [-0.25, -0.2) is 0 Å². The molecule has 2 unspecified atom stereocenters. The van der Waals surface area contributed by atoms with Crippen LogP contribution in [0.15, 0.2) is 109 Å². The fourth-order valence-corrected chi connectivity index (χ4v) is 5.08. The quantitative estimate of drug-likeness (QED) is 0.179. The minimum atomic E-state index is 0.0270. The standard InChI is InChI=1S/C32H34O4S/c1-33-27-13-17-29(18-14-27)35-31(21-25-9-5-3-6-10-25)23-37-24-32(22-26-11-7-4-8-12-26)36-30-19-15-28(34-2)16-20-30/h3-20,31-32H,21-24H2,1-2H3. The Morgan fingerprint density at radius 1 is 0.486 bits per heavy atom. The Kier molecular flexibility index (Phi) is 10.2. The van der Waals surface area contributed by atoms with Crippen LogP contribution in [0.25, 0.3) is 0 Å². The van der Waals surface area contributed by atoms with Gasteiger partial charge in [0.25, 0.3) is 0 Å². The van der Waals surface area contributed by atoms with Gasteiger partial charge in [0.2, 0.25) is 0 Å². The van der Waals surface area contributed by atoms with Crippen molar-refractivity contribution < 1.29 is 18.9 Å². The summed E-state index contributed by atoms with van der Waals surface area (Å²) in [5.74, 6) is 5.02. The Bertz CT molecular complexity index is 1070. The van der Waals surface area contributed by atoms with Gasteiger partial charge in [-0.2, -0.15) is 11.8 Å². The van der Waals surface area contributed by atoms with Crippen LogP contribution in [-0.2, 0) is 12.8 Å². The van der Waals surface area contributed by atoms with E-state index in [1.807, 2.05) is 72.4 Å². The largest absolute Gasteiger partial charge is 0.497 e. The van der Waals surface area contributed by atoms with Gasteiger partial charge in [-0.05, 0) is 59.7 Å². The van der Waals surface area contributed by atoms with Gasteiger partial charge >= 0.3 is 0 Å². The Morgan fingerprint density at radius 2 is 0.838 bits per heavy atom. The number of rotatable bonds is 14. The Hall–Kier alpha value is -3.57. The zero-order chi connectivity index (χ0) is 25.7. The van der Waals surface area contributed by atoms with Crippen LogP contribution in [0.5, 0.6) is 23.0 Å². The van der Waals surface area contributed by atoms with E-state index in [1.54, 1.807) is 14.2 Å². The van der Waals surface area contributed by atoms with Crippen LogP contribution in [0.2, 0.25) is 0 Å². The molecule has 2 atom stereocenters. The van der Waals surface area contributed by atoms with Crippen molar-refractivity contribution in [2.45, 2.75) is 25.0 Å². The molecule has 4 aromatic carbocycles. The van der Waals surface area contributed by atoms with Gasteiger partial charge in [0.05, 0.1) is 14.2 Å². The van der Waals surface area contributed by atoms with E-state index in [9.17, 15) is 0 Å². The van der Waals surface area contributed by atoms with Gasteiger partial charge < -0.3 is 18.9 Å². The van der Waals surface area contributed by atoms with Crippen molar-refractivity contribution in [1.29, 1.82) is 0 Å².